The number of rotatable bonds is 1. The lowest BCUT2D eigenvalue weighted by Crippen LogP contribution is -2.29. The molecule has 2 rings (SSSR count). The van der Waals surface area contributed by atoms with E-state index in [0.717, 1.165) is 13.1 Å². The molecule has 0 bridgehead atoms. The zero-order valence-electron chi connectivity index (χ0n) is 9.58. The van der Waals surface area contributed by atoms with Gasteiger partial charge in [0.15, 0.2) is 0 Å². The minimum Gasteiger partial charge on any atom is -0.334 e. The maximum absolute atomic E-state index is 11.8. The Labute approximate surface area is 90.9 Å². The van der Waals surface area contributed by atoms with Crippen molar-refractivity contribution in [2.24, 2.45) is 5.92 Å². The van der Waals surface area contributed by atoms with Gasteiger partial charge < -0.3 is 4.90 Å². The van der Waals surface area contributed by atoms with E-state index in [4.69, 9.17) is 0 Å². The van der Waals surface area contributed by atoms with Crippen LogP contribution in [0.5, 0.6) is 0 Å². The highest BCUT2D eigenvalue weighted by Gasteiger charge is 2.24. The number of nitrogens with zero attached hydrogens (tertiary/aromatic N) is 1. The second-order valence-electron chi connectivity index (χ2n) is 4.62. The number of amides is 1. The predicted molar refractivity (Wildman–Crippen MR) is 60.3 cm³/mol. The fourth-order valence-electron chi connectivity index (χ4n) is 2.04. The average Bonchev–Trinajstić information content (AvgIpc) is 2.58. The van der Waals surface area contributed by atoms with E-state index in [9.17, 15) is 4.79 Å². The van der Waals surface area contributed by atoms with Crippen molar-refractivity contribution < 1.29 is 4.79 Å². The van der Waals surface area contributed by atoms with Crippen molar-refractivity contribution in [1.82, 2.24) is 4.90 Å². The van der Waals surface area contributed by atoms with Gasteiger partial charge in [-0.2, -0.15) is 0 Å². The Morgan fingerprint density at radius 2 is 1.93 bits per heavy atom. The second-order valence-corrected chi connectivity index (χ2v) is 4.62. The molecule has 15 heavy (non-hydrogen) atoms. The van der Waals surface area contributed by atoms with Gasteiger partial charge in [-0.1, -0.05) is 37.6 Å². The van der Waals surface area contributed by atoms with E-state index >= 15 is 0 Å². The quantitative estimate of drug-likeness (QED) is 0.686. The van der Waals surface area contributed by atoms with Gasteiger partial charge in [0, 0.05) is 19.0 Å². The van der Waals surface area contributed by atoms with Crippen LogP contribution in [0.25, 0.3) is 0 Å². The molecular formula is C13H17NO. The molecule has 2 nitrogen and oxygen atoms in total. The lowest BCUT2D eigenvalue weighted by molar-refractivity contribution is -0.135. The van der Waals surface area contributed by atoms with Gasteiger partial charge in [0.1, 0.15) is 0 Å². The molecule has 2 heteroatoms. The molecule has 0 spiro atoms. The molecule has 1 heterocycles. The van der Waals surface area contributed by atoms with E-state index in [2.05, 4.69) is 25.1 Å². The molecule has 1 aromatic rings. The SMILES string of the molecule is Cc1ccc2c(c1)CN(C(=O)C(C)C)C2. The Bertz CT molecular complexity index is 396. The number of fused-ring (bicyclic) bond motifs is 1. The van der Waals surface area contributed by atoms with E-state index < -0.39 is 0 Å². The van der Waals surface area contributed by atoms with E-state index in [-0.39, 0.29) is 11.8 Å². The average molecular weight is 203 g/mol. The molecule has 1 aliphatic rings. The van der Waals surface area contributed by atoms with Crippen LogP contribution in [0.2, 0.25) is 0 Å². The van der Waals surface area contributed by atoms with Crippen LogP contribution in [0.1, 0.15) is 30.5 Å². The maximum Gasteiger partial charge on any atom is 0.225 e. The van der Waals surface area contributed by atoms with Crippen molar-refractivity contribution in [2.45, 2.75) is 33.9 Å². The van der Waals surface area contributed by atoms with Gasteiger partial charge in [-0.3, -0.25) is 4.79 Å². The van der Waals surface area contributed by atoms with E-state index in [1.165, 1.54) is 16.7 Å². The molecule has 0 N–H and O–H groups in total. The molecule has 1 aromatic carbocycles. The third-order valence-electron chi connectivity index (χ3n) is 2.89. The van der Waals surface area contributed by atoms with Crippen LogP contribution in [0, 0.1) is 12.8 Å². The largest absolute Gasteiger partial charge is 0.334 e. The molecule has 1 amide bonds. The summed E-state index contributed by atoms with van der Waals surface area (Å²) in [5.41, 5.74) is 3.88. The van der Waals surface area contributed by atoms with Crippen molar-refractivity contribution in [3.63, 3.8) is 0 Å². The first-order valence-corrected chi connectivity index (χ1v) is 5.45. The van der Waals surface area contributed by atoms with Crippen LogP contribution < -0.4 is 0 Å². The summed E-state index contributed by atoms with van der Waals surface area (Å²) in [6.45, 7) is 7.57. The zero-order chi connectivity index (χ0) is 11.0. The summed E-state index contributed by atoms with van der Waals surface area (Å²) in [7, 11) is 0. The molecule has 0 aromatic heterocycles. The van der Waals surface area contributed by atoms with Crippen LogP contribution in [0.15, 0.2) is 18.2 Å². The number of benzene rings is 1. The van der Waals surface area contributed by atoms with Crippen LogP contribution in [-0.4, -0.2) is 10.8 Å². The molecule has 0 fully saturated rings. The van der Waals surface area contributed by atoms with Crippen molar-refractivity contribution in [1.29, 1.82) is 0 Å². The summed E-state index contributed by atoms with van der Waals surface area (Å²) >= 11 is 0. The summed E-state index contributed by atoms with van der Waals surface area (Å²) in [4.78, 5) is 13.8. The number of hydrogen-bond donors (Lipinski definition) is 0. The predicted octanol–water partition coefficient (Wildman–Crippen LogP) is 2.49. The van der Waals surface area contributed by atoms with Crippen LogP contribution in [-0.2, 0) is 17.9 Å². The topological polar surface area (TPSA) is 20.3 Å². The van der Waals surface area contributed by atoms with Gasteiger partial charge >= 0.3 is 0 Å². The van der Waals surface area contributed by atoms with E-state index in [0.29, 0.717) is 0 Å². The fourth-order valence-corrected chi connectivity index (χ4v) is 2.04. The lowest BCUT2D eigenvalue weighted by atomic mass is 10.1. The van der Waals surface area contributed by atoms with Crippen LogP contribution >= 0.6 is 0 Å². The number of hydrogen-bond acceptors (Lipinski definition) is 1. The minimum absolute atomic E-state index is 0.0976. The van der Waals surface area contributed by atoms with Gasteiger partial charge in [-0.25, -0.2) is 0 Å². The number of carbonyl (C=O) groups excluding carboxylic acids is 1. The molecule has 0 unspecified atom stereocenters. The summed E-state index contributed by atoms with van der Waals surface area (Å²) in [5.74, 6) is 0.351. The molecule has 0 saturated carbocycles. The standard InChI is InChI=1S/C13H17NO/c1-9(2)13(15)14-7-11-5-4-10(3)6-12(11)8-14/h4-6,9H,7-8H2,1-3H3. The second kappa shape index (κ2) is 3.69. The first-order valence-electron chi connectivity index (χ1n) is 5.45. The minimum atomic E-state index is 0.0976. The highest BCUT2D eigenvalue weighted by Crippen LogP contribution is 2.24. The Hall–Kier alpha value is -1.31. The molecule has 0 saturated heterocycles. The molecular weight excluding hydrogens is 186 g/mol. The first-order chi connectivity index (χ1) is 7.08. The Balaban J connectivity index is 2.19. The van der Waals surface area contributed by atoms with Crippen molar-refractivity contribution >= 4 is 5.91 Å². The lowest BCUT2D eigenvalue weighted by Gasteiger charge is -2.17. The molecule has 0 radical (unpaired) electrons. The number of aryl methyl sites for hydroxylation is 1. The van der Waals surface area contributed by atoms with Crippen molar-refractivity contribution in [3.05, 3.63) is 34.9 Å². The third kappa shape index (κ3) is 1.89. The maximum atomic E-state index is 11.8. The first kappa shape index (κ1) is 10.2. The monoisotopic (exact) mass is 203 g/mol. The normalized spacial score (nSPS) is 14.5. The summed E-state index contributed by atoms with van der Waals surface area (Å²) < 4.78 is 0. The fraction of sp³-hybridized carbons (Fsp3) is 0.462. The highest BCUT2D eigenvalue weighted by atomic mass is 16.2. The summed E-state index contributed by atoms with van der Waals surface area (Å²) in [5, 5.41) is 0. The third-order valence-corrected chi connectivity index (χ3v) is 2.89. The highest BCUT2D eigenvalue weighted by molar-refractivity contribution is 5.78. The molecule has 0 aliphatic carbocycles. The zero-order valence-corrected chi connectivity index (χ0v) is 9.58. The van der Waals surface area contributed by atoms with Gasteiger partial charge in [-0.15, -0.1) is 0 Å². The Kier molecular flexibility index (Phi) is 2.51. The van der Waals surface area contributed by atoms with Gasteiger partial charge in [-0.05, 0) is 18.1 Å². The molecule has 1 aliphatic heterocycles. The van der Waals surface area contributed by atoms with Crippen LogP contribution in [0.4, 0.5) is 0 Å². The van der Waals surface area contributed by atoms with E-state index in [1.807, 2.05) is 18.7 Å². The van der Waals surface area contributed by atoms with Crippen molar-refractivity contribution in [3.8, 4) is 0 Å². The van der Waals surface area contributed by atoms with Crippen LogP contribution in [0.3, 0.4) is 0 Å². The summed E-state index contributed by atoms with van der Waals surface area (Å²) in [6, 6.07) is 6.43. The Morgan fingerprint density at radius 1 is 1.27 bits per heavy atom. The molecule has 0 atom stereocenters. The van der Waals surface area contributed by atoms with Crippen molar-refractivity contribution in [2.75, 3.05) is 0 Å². The van der Waals surface area contributed by atoms with Gasteiger partial charge in [0.2, 0.25) is 5.91 Å². The molecule has 80 valence electrons. The number of carbonyl (C=O) groups is 1. The smallest absolute Gasteiger partial charge is 0.225 e. The van der Waals surface area contributed by atoms with Gasteiger partial charge in [0.05, 0.1) is 0 Å². The van der Waals surface area contributed by atoms with Gasteiger partial charge in [0.25, 0.3) is 0 Å². The van der Waals surface area contributed by atoms with E-state index in [1.54, 1.807) is 0 Å². The summed E-state index contributed by atoms with van der Waals surface area (Å²) in [6.07, 6.45) is 0. The Morgan fingerprint density at radius 3 is 2.60 bits per heavy atom.